The molecular weight excluding hydrogens is 258 g/mol. The first-order valence-corrected chi connectivity index (χ1v) is 8.95. The fourth-order valence-electron chi connectivity index (χ4n) is 1.72. The number of rotatable bonds is 5. The number of hydrogen-bond acceptors (Lipinski definition) is 4. The van der Waals surface area contributed by atoms with E-state index in [0.29, 0.717) is 12.4 Å². The van der Waals surface area contributed by atoms with Gasteiger partial charge in [0.25, 0.3) is 0 Å². The van der Waals surface area contributed by atoms with Crippen molar-refractivity contribution in [2.24, 2.45) is 4.99 Å². The summed E-state index contributed by atoms with van der Waals surface area (Å²) in [5.41, 5.74) is 0. The van der Waals surface area contributed by atoms with Crippen LogP contribution in [-0.4, -0.2) is 57.5 Å². The van der Waals surface area contributed by atoms with Crippen molar-refractivity contribution in [3.8, 4) is 0 Å². The molecule has 0 amide bonds. The molecule has 0 radical (unpaired) electrons. The number of hydrogen-bond donors (Lipinski definition) is 2. The van der Waals surface area contributed by atoms with Crippen molar-refractivity contribution in [1.82, 2.24) is 10.6 Å². The first-order chi connectivity index (χ1) is 8.07. The van der Waals surface area contributed by atoms with Crippen LogP contribution in [0, 0.1) is 0 Å². The van der Waals surface area contributed by atoms with Crippen molar-refractivity contribution >= 4 is 27.6 Å². The fraction of sp³-hybridized carbons (Fsp3) is 0.900. The van der Waals surface area contributed by atoms with Crippen LogP contribution in [0.1, 0.15) is 12.8 Å². The van der Waals surface area contributed by atoms with Crippen molar-refractivity contribution in [2.45, 2.75) is 18.9 Å². The third-order valence-electron chi connectivity index (χ3n) is 2.61. The van der Waals surface area contributed by atoms with E-state index in [4.69, 9.17) is 0 Å². The van der Waals surface area contributed by atoms with Gasteiger partial charge in [0.05, 0.1) is 11.5 Å². The van der Waals surface area contributed by atoms with E-state index in [-0.39, 0.29) is 17.5 Å². The Morgan fingerprint density at radius 3 is 2.82 bits per heavy atom. The molecule has 1 atom stereocenters. The van der Waals surface area contributed by atoms with Gasteiger partial charge in [-0.3, -0.25) is 4.99 Å². The molecule has 0 aromatic rings. The lowest BCUT2D eigenvalue weighted by atomic mass is 10.3. The van der Waals surface area contributed by atoms with Crippen LogP contribution in [0.25, 0.3) is 0 Å². The molecular formula is C10H21N3O2S2. The number of aliphatic imine (C=N–C) groups is 1. The summed E-state index contributed by atoms with van der Waals surface area (Å²) in [4.78, 5) is 4.09. The molecule has 1 rings (SSSR count). The average Bonchev–Trinajstić information content (AvgIpc) is 2.62. The van der Waals surface area contributed by atoms with Crippen LogP contribution in [0.4, 0.5) is 0 Å². The summed E-state index contributed by atoms with van der Waals surface area (Å²) < 4.78 is 22.6. The van der Waals surface area contributed by atoms with Crippen LogP contribution in [0.5, 0.6) is 0 Å². The lowest BCUT2D eigenvalue weighted by molar-refractivity contribution is 0.599. The van der Waals surface area contributed by atoms with Gasteiger partial charge in [-0.1, -0.05) is 0 Å². The van der Waals surface area contributed by atoms with Crippen LogP contribution in [-0.2, 0) is 9.84 Å². The van der Waals surface area contributed by atoms with E-state index in [9.17, 15) is 8.42 Å². The Bertz CT molecular complexity index is 355. The Balaban J connectivity index is 2.28. The molecule has 2 N–H and O–H groups in total. The van der Waals surface area contributed by atoms with E-state index in [1.54, 1.807) is 7.05 Å². The molecule has 5 nitrogen and oxygen atoms in total. The highest BCUT2D eigenvalue weighted by Crippen LogP contribution is 2.10. The van der Waals surface area contributed by atoms with E-state index in [0.717, 1.165) is 18.7 Å². The summed E-state index contributed by atoms with van der Waals surface area (Å²) >= 11 is 1.81. The van der Waals surface area contributed by atoms with Crippen LogP contribution in [0.2, 0.25) is 0 Å². The number of guanidine groups is 1. The maximum absolute atomic E-state index is 11.3. The van der Waals surface area contributed by atoms with E-state index in [1.165, 1.54) is 0 Å². The Labute approximate surface area is 108 Å². The molecule has 100 valence electrons. The highest BCUT2D eigenvalue weighted by molar-refractivity contribution is 7.98. The van der Waals surface area contributed by atoms with E-state index in [1.807, 2.05) is 11.8 Å². The van der Waals surface area contributed by atoms with Crippen molar-refractivity contribution in [3.05, 3.63) is 0 Å². The zero-order chi connectivity index (χ0) is 12.7. The zero-order valence-electron chi connectivity index (χ0n) is 10.4. The number of nitrogens with one attached hydrogen (secondary N) is 2. The third kappa shape index (κ3) is 5.63. The van der Waals surface area contributed by atoms with Crippen LogP contribution >= 0.6 is 11.8 Å². The number of nitrogens with zero attached hydrogens (tertiary/aromatic N) is 1. The summed E-state index contributed by atoms with van der Waals surface area (Å²) in [7, 11) is -1.13. The third-order valence-corrected chi connectivity index (χ3v) is 5.08. The largest absolute Gasteiger partial charge is 0.356 e. The first-order valence-electron chi connectivity index (χ1n) is 5.74. The summed E-state index contributed by atoms with van der Waals surface area (Å²) in [6.45, 7) is 0.861. The minimum absolute atomic E-state index is 0.00625. The molecule has 0 aromatic heterocycles. The Kier molecular flexibility index (Phi) is 6.11. The van der Waals surface area contributed by atoms with Gasteiger partial charge in [0.15, 0.2) is 15.8 Å². The molecule has 7 heteroatoms. The molecule has 1 heterocycles. The Morgan fingerprint density at radius 1 is 1.53 bits per heavy atom. The minimum Gasteiger partial charge on any atom is -0.356 e. The molecule has 0 aromatic carbocycles. The summed E-state index contributed by atoms with van der Waals surface area (Å²) in [6, 6.07) is 0.00625. The molecule has 17 heavy (non-hydrogen) atoms. The minimum atomic E-state index is -2.83. The molecule has 1 aliphatic rings. The smallest absolute Gasteiger partial charge is 0.191 e. The molecule has 1 unspecified atom stereocenters. The maximum atomic E-state index is 11.3. The summed E-state index contributed by atoms with van der Waals surface area (Å²) in [5.74, 6) is 2.32. The van der Waals surface area contributed by atoms with E-state index < -0.39 is 9.84 Å². The second-order valence-electron chi connectivity index (χ2n) is 4.09. The Morgan fingerprint density at radius 2 is 2.29 bits per heavy atom. The molecule has 0 bridgehead atoms. The van der Waals surface area contributed by atoms with Crippen molar-refractivity contribution in [2.75, 3.05) is 37.1 Å². The molecule has 0 saturated carbocycles. The van der Waals surface area contributed by atoms with Gasteiger partial charge in [0, 0.05) is 19.6 Å². The highest BCUT2D eigenvalue weighted by atomic mass is 32.2. The maximum Gasteiger partial charge on any atom is 0.191 e. The van der Waals surface area contributed by atoms with Gasteiger partial charge in [0.2, 0.25) is 0 Å². The molecule has 1 saturated heterocycles. The SMILES string of the molecule is CN=C(NCCCSC)NC1CCS(=O)(=O)C1. The fourth-order valence-corrected chi connectivity index (χ4v) is 3.83. The van der Waals surface area contributed by atoms with Crippen LogP contribution in [0.15, 0.2) is 4.99 Å². The molecule has 0 spiro atoms. The van der Waals surface area contributed by atoms with Crippen molar-refractivity contribution in [1.29, 1.82) is 0 Å². The van der Waals surface area contributed by atoms with Gasteiger partial charge in [0.1, 0.15) is 0 Å². The highest BCUT2D eigenvalue weighted by Gasteiger charge is 2.28. The average molecular weight is 279 g/mol. The molecule has 0 aliphatic carbocycles. The van der Waals surface area contributed by atoms with Crippen molar-refractivity contribution in [3.63, 3.8) is 0 Å². The van der Waals surface area contributed by atoms with Gasteiger partial charge in [-0.05, 0) is 24.9 Å². The lowest BCUT2D eigenvalue weighted by Gasteiger charge is -2.15. The summed E-state index contributed by atoms with van der Waals surface area (Å²) in [6.07, 6.45) is 3.83. The second-order valence-corrected chi connectivity index (χ2v) is 7.30. The van der Waals surface area contributed by atoms with Gasteiger partial charge >= 0.3 is 0 Å². The monoisotopic (exact) mass is 279 g/mol. The number of sulfone groups is 1. The number of thioether (sulfide) groups is 1. The van der Waals surface area contributed by atoms with Gasteiger partial charge in [-0.2, -0.15) is 11.8 Å². The molecule has 1 fully saturated rings. The van der Waals surface area contributed by atoms with Gasteiger partial charge in [-0.25, -0.2) is 8.42 Å². The zero-order valence-corrected chi connectivity index (χ0v) is 12.0. The molecule has 1 aliphatic heterocycles. The van der Waals surface area contributed by atoms with Crippen LogP contribution in [0.3, 0.4) is 0 Å². The normalized spacial score (nSPS) is 23.6. The predicted molar refractivity (Wildman–Crippen MR) is 74.6 cm³/mol. The first kappa shape index (κ1) is 14.6. The standard InChI is InChI=1S/C10H21N3O2S2/c1-11-10(12-5-3-6-16-2)13-9-4-7-17(14,15)8-9/h9H,3-8H2,1-2H3,(H2,11,12,13). The van der Waals surface area contributed by atoms with Crippen molar-refractivity contribution < 1.29 is 8.42 Å². The summed E-state index contributed by atoms with van der Waals surface area (Å²) in [5, 5.41) is 6.34. The van der Waals surface area contributed by atoms with Gasteiger partial charge in [-0.15, -0.1) is 0 Å². The van der Waals surface area contributed by atoms with E-state index in [2.05, 4.69) is 21.9 Å². The Hall–Kier alpha value is -0.430. The lowest BCUT2D eigenvalue weighted by Crippen LogP contribution is -2.44. The van der Waals surface area contributed by atoms with Gasteiger partial charge < -0.3 is 10.6 Å². The quantitative estimate of drug-likeness (QED) is 0.424. The topological polar surface area (TPSA) is 70.6 Å². The van der Waals surface area contributed by atoms with Crippen LogP contribution < -0.4 is 10.6 Å². The van der Waals surface area contributed by atoms with E-state index >= 15 is 0 Å². The second kappa shape index (κ2) is 7.10. The predicted octanol–water partition coefficient (Wildman–Crippen LogP) is 0.0916.